The molecule has 2 aromatic rings. The molecule has 0 saturated heterocycles. The standard InChI is InChI=1S/C21H23ClO6/c1-4-27-20(24)14-7-6-13(19(23)11-14)10-17(21(25)28-5-2)16-9-8-15(26-3)12-18(16)22/h6-9,11-12,17,23H,4-5,10H2,1-3H3. The molecule has 0 radical (unpaired) electrons. The maximum atomic E-state index is 12.6. The van der Waals surface area contributed by atoms with Crippen LogP contribution in [0.2, 0.25) is 5.02 Å². The normalized spacial score (nSPS) is 11.6. The Morgan fingerprint density at radius 1 is 1.07 bits per heavy atom. The molecule has 1 atom stereocenters. The molecule has 0 aliphatic heterocycles. The van der Waals surface area contributed by atoms with Gasteiger partial charge in [-0.3, -0.25) is 4.79 Å². The topological polar surface area (TPSA) is 82.1 Å². The maximum Gasteiger partial charge on any atom is 0.338 e. The van der Waals surface area contributed by atoms with Gasteiger partial charge in [0.1, 0.15) is 11.5 Å². The first-order chi connectivity index (χ1) is 13.4. The zero-order chi connectivity index (χ0) is 20.7. The van der Waals surface area contributed by atoms with Gasteiger partial charge in [-0.2, -0.15) is 0 Å². The van der Waals surface area contributed by atoms with E-state index >= 15 is 0 Å². The highest BCUT2D eigenvalue weighted by atomic mass is 35.5. The number of ether oxygens (including phenoxy) is 3. The zero-order valence-electron chi connectivity index (χ0n) is 16.0. The van der Waals surface area contributed by atoms with E-state index in [-0.39, 0.29) is 30.9 Å². The Kier molecular flexibility index (Phi) is 7.70. The molecule has 1 unspecified atom stereocenters. The molecule has 0 saturated carbocycles. The fourth-order valence-electron chi connectivity index (χ4n) is 2.78. The van der Waals surface area contributed by atoms with Crippen LogP contribution in [0.5, 0.6) is 11.5 Å². The van der Waals surface area contributed by atoms with Gasteiger partial charge in [0, 0.05) is 5.02 Å². The number of phenolic OH excluding ortho intramolecular Hbond substituents is 1. The lowest BCUT2D eigenvalue weighted by Gasteiger charge is -2.19. The van der Waals surface area contributed by atoms with Crippen molar-refractivity contribution in [2.45, 2.75) is 26.2 Å². The molecule has 0 aromatic heterocycles. The highest BCUT2D eigenvalue weighted by Crippen LogP contribution is 2.33. The molecule has 0 spiro atoms. The highest BCUT2D eigenvalue weighted by Gasteiger charge is 2.26. The Bertz CT molecular complexity index is 849. The van der Waals surface area contributed by atoms with E-state index in [0.29, 0.717) is 21.9 Å². The van der Waals surface area contributed by atoms with Gasteiger partial charge in [-0.1, -0.05) is 23.7 Å². The Morgan fingerprint density at radius 2 is 1.79 bits per heavy atom. The van der Waals surface area contributed by atoms with E-state index in [9.17, 15) is 14.7 Å². The van der Waals surface area contributed by atoms with Gasteiger partial charge in [0.15, 0.2) is 0 Å². The van der Waals surface area contributed by atoms with Crippen LogP contribution in [0.3, 0.4) is 0 Å². The summed E-state index contributed by atoms with van der Waals surface area (Å²) >= 11 is 6.34. The third-order valence-electron chi connectivity index (χ3n) is 4.17. The van der Waals surface area contributed by atoms with E-state index in [2.05, 4.69) is 0 Å². The first-order valence-electron chi connectivity index (χ1n) is 8.90. The number of esters is 2. The molecule has 0 amide bonds. The first-order valence-corrected chi connectivity index (χ1v) is 9.28. The first kappa shape index (κ1) is 21.6. The van der Waals surface area contributed by atoms with Gasteiger partial charge >= 0.3 is 11.9 Å². The molecule has 2 rings (SSSR count). The number of phenols is 1. The van der Waals surface area contributed by atoms with Crippen molar-refractivity contribution in [3.8, 4) is 11.5 Å². The Balaban J connectivity index is 2.36. The van der Waals surface area contributed by atoms with Crippen LogP contribution < -0.4 is 4.74 Å². The fraction of sp³-hybridized carbons (Fsp3) is 0.333. The van der Waals surface area contributed by atoms with Crippen LogP contribution in [0.4, 0.5) is 0 Å². The maximum absolute atomic E-state index is 12.6. The molecule has 1 N–H and O–H groups in total. The number of rotatable bonds is 8. The number of halogens is 1. The quantitative estimate of drug-likeness (QED) is 0.664. The molecule has 0 fully saturated rings. The third kappa shape index (κ3) is 5.16. The van der Waals surface area contributed by atoms with Crippen LogP contribution >= 0.6 is 11.6 Å². The molecule has 6 nitrogen and oxygen atoms in total. The van der Waals surface area contributed by atoms with E-state index in [0.717, 1.165) is 0 Å². The molecule has 0 heterocycles. The van der Waals surface area contributed by atoms with Gasteiger partial charge in [-0.05, 0) is 55.7 Å². The summed E-state index contributed by atoms with van der Waals surface area (Å²) in [5, 5.41) is 10.7. The summed E-state index contributed by atoms with van der Waals surface area (Å²) < 4.78 is 15.3. The summed E-state index contributed by atoms with van der Waals surface area (Å²) in [6, 6.07) is 9.48. The summed E-state index contributed by atoms with van der Waals surface area (Å²) in [6.45, 7) is 3.88. The molecule has 0 aliphatic carbocycles. The summed E-state index contributed by atoms with van der Waals surface area (Å²) in [6.07, 6.45) is 0.153. The number of methoxy groups -OCH3 is 1. The van der Waals surface area contributed by atoms with Crippen molar-refractivity contribution in [1.29, 1.82) is 0 Å². The van der Waals surface area contributed by atoms with Crippen LogP contribution in [0.1, 0.15) is 41.3 Å². The predicted molar refractivity (Wildman–Crippen MR) is 105 cm³/mol. The number of benzene rings is 2. The van der Waals surface area contributed by atoms with E-state index in [1.165, 1.54) is 13.2 Å². The van der Waals surface area contributed by atoms with Crippen molar-refractivity contribution >= 4 is 23.5 Å². The van der Waals surface area contributed by atoms with Crippen molar-refractivity contribution in [3.05, 3.63) is 58.1 Å². The lowest BCUT2D eigenvalue weighted by atomic mass is 9.91. The SMILES string of the molecule is CCOC(=O)c1ccc(CC(C(=O)OCC)c2ccc(OC)cc2Cl)c(O)c1. The largest absolute Gasteiger partial charge is 0.508 e. The zero-order valence-corrected chi connectivity index (χ0v) is 16.8. The average Bonchev–Trinajstić information content (AvgIpc) is 2.67. The molecular weight excluding hydrogens is 384 g/mol. The minimum atomic E-state index is -0.724. The van der Waals surface area contributed by atoms with Crippen molar-refractivity contribution in [2.75, 3.05) is 20.3 Å². The molecule has 28 heavy (non-hydrogen) atoms. The van der Waals surface area contributed by atoms with Crippen LogP contribution in [-0.4, -0.2) is 37.4 Å². The minimum absolute atomic E-state index is 0.107. The van der Waals surface area contributed by atoms with Crippen LogP contribution in [0.15, 0.2) is 36.4 Å². The number of aromatic hydroxyl groups is 1. The summed E-state index contributed by atoms with van der Waals surface area (Å²) in [5.74, 6) is -1.24. The Labute approximate surface area is 169 Å². The number of hydrogen-bond acceptors (Lipinski definition) is 6. The van der Waals surface area contributed by atoms with E-state index in [1.54, 1.807) is 44.2 Å². The van der Waals surface area contributed by atoms with E-state index < -0.39 is 17.9 Å². The number of carbonyl (C=O) groups is 2. The second-order valence-corrected chi connectivity index (χ2v) is 6.37. The van der Waals surface area contributed by atoms with Crippen molar-refractivity contribution in [3.63, 3.8) is 0 Å². The fourth-order valence-corrected chi connectivity index (χ4v) is 3.08. The molecular formula is C21H23ClO6. The third-order valence-corrected chi connectivity index (χ3v) is 4.50. The summed E-state index contributed by atoms with van der Waals surface area (Å²) in [5.41, 5.74) is 1.28. The lowest BCUT2D eigenvalue weighted by Crippen LogP contribution is -2.19. The number of carbonyl (C=O) groups excluding carboxylic acids is 2. The molecule has 150 valence electrons. The average molecular weight is 407 g/mol. The van der Waals surface area contributed by atoms with Gasteiger partial charge in [0.05, 0.1) is 31.8 Å². The van der Waals surface area contributed by atoms with Gasteiger partial charge in [0.2, 0.25) is 0 Å². The van der Waals surface area contributed by atoms with Crippen LogP contribution in [0.25, 0.3) is 0 Å². The lowest BCUT2D eigenvalue weighted by molar-refractivity contribution is -0.144. The number of hydrogen-bond donors (Lipinski definition) is 1. The van der Waals surface area contributed by atoms with E-state index in [1.807, 2.05) is 0 Å². The second-order valence-electron chi connectivity index (χ2n) is 5.96. The molecule has 0 aliphatic rings. The van der Waals surface area contributed by atoms with Gasteiger partial charge in [-0.15, -0.1) is 0 Å². The van der Waals surface area contributed by atoms with Gasteiger partial charge < -0.3 is 19.3 Å². The highest BCUT2D eigenvalue weighted by molar-refractivity contribution is 6.31. The van der Waals surface area contributed by atoms with Crippen LogP contribution in [0, 0.1) is 0 Å². The monoisotopic (exact) mass is 406 g/mol. The predicted octanol–water partition coefficient (Wildman–Crippen LogP) is 4.12. The van der Waals surface area contributed by atoms with E-state index in [4.69, 9.17) is 25.8 Å². The second kappa shape index (κ2) is 9.99. The Hall–Kier alpha value is -2.73. The van der Waals surface area contributed by atoms with Crippen molar-refractivity contribution in [1.82, 2.24) is 0 Å². The van der Waals surface area contributed by atoms with Crippen molar-refractivity contribution in [2.24, 2.45) is 0 Å². The summed E-state index contributed by atoms with van der Waals surface area (Å²) in [4.78, 5) is 24.4. The van der Waals surface area contributed by atoms with Gasteiger partial charge in [-0.25, -0.2) is 4.79 Å². The molecule has 0 bridgehead atoms. The summed E-state index contributed by atoms with van der Waals surface area (Å²) in [7, 11) is 1.53. The smallest absolute Gasteiger partial charge is 0.338 e. The van der Waals surface area contributed by atoms with Crippen molar-refractivity contribution < 1.29 is 28.9 Å². The molecule has 7 heteroatoms. The molecule has 2 aromatic carbocycles. The van der Waals surface area contributed by atoms with Gasteiger partial charge in [0.25, 0.3) is 0 Å². The van der Waals surface area contributed by atoms with Crippen LogP contribution in [-0.2, 0) is 20.7 Å². The minimum Gasteiger partial charge on any atom is -0.508 e. The Morgan fingerprint density at radius 3 is 2.36 bits per heavy atom.